The number of aromatic hydroxyl groups is 2. The highest BCUT2D eigenvalue weighted by molar-refractivity contribution is 5.70. The topological polar surface area (TPSA) is 77.8 Å². The molecule has 0 unspecified atom stereocenters. The Morgan fingerprint density at radius 1 is 0.850 bits per heavy atom. The highest BCUT2D eigenvalue weighted by Crippen LogP contribution is 2.10. The quantitative estimate of drug-likeness (QED) is 0.804. The van der Waals surface area contributed by atoms with E-state index in [0.29, 0.717) is 11.3 Å². The number of hydrogen-bond donors (Lipinski definition) is 3. The van der Waals surface area contributed by atoms with Gasteiger partial charge in [0, 0.05) is 0 Å². The van der Waals surface area contributed by atoms with Crippen molar-refractivity contribution in [3.63, 3.8) is 0 Å². The van der Waals surface area contributed by atoms with E-state index in [1.165, 1.54) is 17.7 Å². The normalized spacial score (nSPS) is 9.45. The molecule has 4 nitrogen and oxygen atoms in total. The molecule has 2 aromatic rings. The van der Waals surface area contributed by atoms with Gasteiger partial charge in [-0.3, -0.25) is 4.79 Å². The van der Waals surface area contributed by atoms with Crippen molar-refractivity contribution in [2.24, 2.45) is 0 Å². The number of aliphatic carboxylic acids is 1. The molecule has 3 N–H and O–H groups in total. The Hall–Kier alpha value is -2.49. The van der Waals surface area contributed by atoms with Gasteiger partial charge in [-0.05, 0) is 41.8 Å². The van der Waals surface area contributed by atoms with Crippen LogP contribution in [-0.2, 0) is 17.6 Å². The third kappa shape index (κ3) is 5.91. The number of carboxylic acid groups (broad SMARTS) is 1. The third-order valence-electron chi connectivity index (χ3n) is 2.64. The zero-order chi connectivity index (χ0) is 15.0. The van der Waals surface area contributed by atoms with Crippen LogP contribution >= 0.6 is 0 Å². The molecule has 0 radical (unpaired) electrons. The average Bonchev–Trinajstić information content (AvgIpc) is 2.43. The number of benzene rings is 2. The fourth-order valence-electron chi connectivity index (χ4n) is 1.52. The van der Waals surface area contributed by atoms with Gasteiger partial charge in [-0.2, -0.15) is 0 Å². The molecule has 0 fully saturated rings. The summed E-state index contributed by atoms with van der Waals surface area (Å²) in [5.74, 6) is -0.373. The van der Waals surface area contributed by atoms with E-state index < -0.39 is 5.97 Å². The van der Waals surface area contributed by atoms with Crippen molar-refractivity contribution >= 4 is 5.97 Å². The Labute approximate surface area is 117 Å². The Kier molecular flexibility index (Phi) is 6.10. The number of carboxylic acids is 1. The first-order valence-corrected chi connectivity index (χ1v) is 6.29. The number of phenolic OH excluding ortho intramolecular Hbond substituents is 2. The molecule has 0 spiro atoms. The van der Waals surface area contributed by atoms with Gasteiger partial charge in [-0.1, -0.05) is 31.2 Å². The summed E-state index contributed by atoms with van der Waals surface area (Å²) < 4.78 is 0. The second kappa shape index (κ2) is 7.84. The molecule has 0 bridgehead atoms. The molecule has 0 aliphatic carbocycles. The van der Waals surface area contributed by atoms with Gasteiger partial charge in [0.05, 0.1) is 6.42 Å². The molecule has 0 saturated heterocycles. The molecule has 106 valence electrons. The van der Waals surface area contributed by atoms with Crippen molar-refractivity contribution in [1.82, 2.24) is 0 Å². The maximum absolute atomic E-state index is 10.2. The van der Waals surface area contributed by atoms with Gasteiger partial charge in [0.25, 0.3) is 0 Å². The van der Waals surface area contributed by atoms with Crippen LogP contribution in [0.5, 0.6) is 11.5 Å². The summed E-state index contributed by atoms with van der Waals surface area (Å²) in [7, 11) is 0. The van der Waals surface area contributed by atoms with Crippen molar-refractivity contribution in [3.8, 4) is 11.5 Å². The molecule has 20 heavy (non-hydrogen) atoms. The van der Waals surface area contributed by atoms with Crippen molar-refractivity contribution in [1.29, 1.82) is 0 Å². The summed E-state index contributed by atoms with van der Waals surface area (Å²) in [5, 5.41) is 26.1. The Balaban J connectivity index is 0.000000204. The number of aryl methyl sites for hydroxylation is 1. The van der Waals surface area contributed by atoms with Crippen LogP contribution in [0.15, 0.2) is 48.5 Å². The van der Waals surface area contributed by atoms with Gasteiger partial charge >= 0.3 is 5.97 Å². The molecule has 0 aliphatic rings. The summed E-state index contributed by atoms with van der Waals surface area (Å²) in [4.78, 5) is 10.2. The third-order valence-corrected chi connectivity index (χ3v) is 2.64. The lowest BCUT2D eigenvalue weighted by atomic mass is 10.1. The van der Waals surface area contributed by atoms with E-state index in [-0.39, 0.29) is 12.2 Å². The average molecular weight is 274 g/mol. The van der Waals surface area contributed by atoms with Gasteiger partial charge in [-0.15, -0.1) is 0 Å². The van der Waals surface area contributed by atoms with Crippen LogP contribution in [0.2, 0.25) is 0 Å². The summed E-state index contributed by atoms with van der Waals surface area (Å²) in [6, 6.07) is 13.4. The van der Waals surface area contributed by atoms with Crippen molar-refractivity contribution in [2.45, 2.75) is 19.8 Å². The van der Waals surface area contributed by atoms with Gasteiger partial charge in [0.1, 0.15) is 11.5 Å². The lowest BCUT2D eigenvalue weighted by Gasteiger charge is -1.95. The van der Waals surface area contributed by atoms with E-state index >= 15 is 0 Å². The largest absolute Gasteiger partial charge is 0.508 e. The van der Waals surface area contributed by atoms with Crippen LogP contribution in [0.1, 0.15) is 18.1 Å². The van der Waals surface area contributed by atoms with E-state index in [4.69, 9.17) is 15.3 Å². The second-order valence-corrected chi connectivity index (χ2v) is 4.26. The summed E-state index contributed by atoms with van der Waals surface area (Å²) in [5.41, 5.74) is 1.95. The van der Waals surface area contributed by atoms with Crippen LogP contribution in [0.3, 0.4) is 0 Å². The first-order valence-electron chi connectivity index (χ1n) is 6.29. The first kappa shape index (κ1) is 15.6. The predicted octanol–water partition coefficient (Wildman–Crippen LogP) is 2.97. The molecular weight excluding hydrogens is 256 g/mol. The summed E-state index contributed by atoms with van der Waals surface area (Å²) in [6.07, 6.45) is 1.03. The summed E-state index contributed by atoms with van der Waals surface area (Å²) in [6.45, 7) is 2.09. The lowest BCUT2D eigenvalue weighted by Crippen LogP contribution is -1.98. The molecule has 0 aromatic heterocycles. The smallest absolute Gasteiger partial charge is 0.307 e. The van der Waals surface area contributed by atoms with Crippen LogP contribution in [0, 0.1) is 0 Å². The molecule has 2 aromatic carbocycles. The molecule has 0 amide bonds. The predicted molar refractivity (Wildman–Crippen MR) is 76.9 cm³/mol. The summed E-state index contributed by atoms with van der Waals surface area (Å²) >= 11 is 0. The molecule has 0 aliphatic heterocycles. The molecule has 4 heteroatoms. The fraction of sp³-hybridized carbons (Fsp3) is 0.188. The van der Waals surface area contributed by atoms with Crippen molar-refractivity contribution < 1.29 is 20.1 Å². The highest BCUT2D eigenvalue weighted by atomic mass is 16.4. The highest BCUT2D eigenvalue weighted by Gasteiger charge is 1.98. The van der Waals surface area contributed by atoms with Crippen molar-refractivity contribution in [2.75, 3.05) is 0 Å². The minimum atomic E-state index is -0.865. The Bertz CT molecular complexity index is 529. The van der Waals surface area contributed by atoms with Gasteiger partial charge in [-0.25, -0.2) is 0 Å². The number of phenols is 2. The zero-order valence-corrected chi connectivity index (χ0v) is 11.3. The molecule has 0 saturated carbocycles. The molecule has 2 rings (SSSR count). The van der Waals surface area contributed by atoms with Gasteiger partial charge in [0.2, 0.25) is 0 Å². The monoisotopic (exact) mass is 274 g/mol. The number of hydrogen-bond acceptors (Lipinski definition) is 3. The minimum absolute atomic E-state index is 0.000278. The Morgan fingerprint density at radius 3 is 1.60 bits per heavy atom. The lowest BCUT2D eigenvalue weighted by molar-refractivity contribution is -0.136. The standard InChI is InChI=1S/C8H8O3.C8H10O/c9-7-3-1-6(2-4-7)5-8(10)11;1-2-7-3-5-8(9)6-4-7/h1-4,9H,5H2,(H,10,11);3-6,9H,2H2,1H3. The van der Waals surface area contributed by atoms with E-state index in [1.807, 2.05) is 12.1 Å². The maximum Gasteiger partial charge on any atom is 0.307 e. The van der Waals surface area contributed by atoms with Crippen LogP contribution in [-0.4, -0.2) is 21.3 Å². The molecule has 0 atom stereocenters. The van der Waals surface area contributed by atoms with E-state index in [1.54, 1.807) is 24.3 Å². The van der Waals surface area contributed by atoms with Gasteiger partial charge < -0.3 is 15.3 Å². The van der Waals surface area contributed by atoms with Gasteiger partial charge in [0.15, 0.2) is 0 Å². The molecule has 0 heterocycles. The van der Waals surface area contributed by atoms with E-state index in [0.717, 1.165) is 6.42 Å². The Morgan fingerprint density at radius 2 is 1.25 bits per heavy atom. The fourth-order valence-corrected chi connectivity index (χ4v) is 1.52. The number of rotatable bonds is 3. The molecular formula is C16H18O4. The van der Waals surface area contributed by atoms with Crippen LogP contribution in [0.4, 0.5) is 0 Å². The van der Waals surface area contributed by atoms with Crippen molar-refractivity contribution in [3.05, 3.63) is 59.7 Å². The first-order chi connectivity index (χ1) is 9.51. The van der Waals surface area contributed by atoms with Crippen LogP contribution < -0.4 is 0 Å². The minimum Gasteiger partial charge on any atom is -0.508 e. The number of carbonyl (C=O) groups is 1. The zero-order valence-electron chi connectivity index (χ0n) is 11.3. The SMILES string of the molecule is CCc1ccc(O)cc1.O=C(O)Cc1ccc(O)cc1. The van der Waals surface area contributed by atoms with E-state index in [2.05, 4.69) is 6.92 Å². The van der Waals surface area contributed by atoms with E-state index in [9.17, 15) is 4.79 Å². The van der Waals surface area contributed by atoms with Crippen LogP contribution in [0.25, 0.3) is 0 Å². The second-order valence-electron chi connectivity index (χ2n) is 4.26. The maximum atomic E-state index is 10.2.